The third-order valence-corrected chi connectivity index (χ3v) is 4.33. The van der Waals surface area contributed by atoms with E-state index in [-0.39, 0.29) is 11.4 Å². The number of rotatable bonds is 3. The van der Waals surface area contributed by atoms with Crippen LogP contribution >= 0.6 is 0 Å². The van der Waals surface area contributed by atoms with Crippen LogP contribution in [0.25, 0.3) is 16.9 Å². The lowest BCUT2D eigenvalue weighted by Crippen LogP contribution is -2.15. The zero-order valence-corrected chi connectivity index (χ0v) is 14.7. The Morgan fingerprint density at radius 2 is 1.72 bits per heavy atom. The molecule has 0 saturated carbocycles. The molecule has 1 N–H and O–H groups in total. The molecule has 0 spiro atoms. The van der Waals surface area contributed by atoms with Gasteiger partial charge in [-0.15, -0.1) is 0 Å². The van der Waals surface area contributed by atoms with E-state index in [1.54, 1.807) is 28.8 Å². The van der Waals surface area contributed by atoms with Crippen LogP contribution in [0.15, 0.2) is 72.9 Å². The molecule has 0 aliphatic carbocycles. The molecule has 146 valence electrons. The molecule has 4 rings (SSSR count). The van der Waals surface area contributed by atoms with Crippen molar-refractivity contribution in [2.75, 3.05) is 5.32 Å². The summed E-state index contributed by atoms with van der Waals surface area (Å²) in [6.07, 6.45) is -2.89. The smallest absolute Gasteiger partial charge is 0.306 e. The highest BCUT2D eigenvalue weighted by molar-refractivity contribution is 6.05. The van der Waals surface area contributed by atoms with Gasteiger partial charge in [-0.3, -0.25) is 9.20 Å². The van der Waals surface area contributed by atoms with Crippen LogP contribution in [0.4, 0.5) is 23.4 Å². The van der Waals surface area contributed by atoms with E-state index in [1.165, 1.54) is 36.4 Å². The Morgan fingerprint density at radius 1 is 0.966 bits per heavy atom. The molecule has 2 aromatic carbocycles. The summed E-state index contributed by atoms with van der Waals surface area (Å²) in [7, 11) is 0. The number of halogens is 4. The second-order valence-corrected chi connectivity index (χ2v) is 6.28. The largest absolute Gasteiger partial charge is 0.416 e. The van der Waals surface area contributed by atoms with Gasteiger partial charge >= 0.3 is 6.18 Å². The first kappa shape index (κ1) is 18.7. The maximum Gasteiger partial charge on any atom is 0.416 e. The van der Waals surface area contributed by atoms with Gasteiger partial charge < -0.3 is 5.32 Å². The number of carbonyl (C=O) groups excluding carboxylic acids is 1. The fourth-order valence-electron chi connectivity index (χ4n) is 2.94. The number of anilines is 1. The lowest BCUT2D eigenvalue weighted by atomic mass is 10.1. The zero-order chi connectivity index (χ0) is 20.6. The molecule has 0 fully saturated rings. The maximum atomic E-state index is 13.3. The quantitative estimate of drug-likeness (QED) is 0.468. The van der Waals surface area contributed by atoms with Gasteiger partial charge in [-0.1, -0.05) is 12.1 Å². The maximum absolute atomic E-state index is 13.3. The first-order chi connectivity index (χ1) is 13.8. The summed E-state index contributed by atoms with van der Waals surface area (Å²) in [6.45, 7) is 0. The zero-order valence-electron chi connectivity index (χ0n) is 14.7. The van der Waals surface area contributed by atoms with Crippen LogP contribution in [0, 0.1) is 5.82 Å². The predicted octanol–water partition coefficient (Wildman–Crippen LogP) is 5.41. The van der Waals surface area contributed by atoms with Crippen molar-refractivity contribution in [1.82, 2.24) is 9.38 Å². The average molecular weight is 399 g/mol. The van der Waals surface area contributed by atoms with E-state index in [0.717, 1.165) is 12.1 Å². The summed E-state index contributed by atoms with van der Waals surface area (Å²) in [5.41, 5.74) is 0.384. The number of alkyl halides is 3. The summed E-state index contributed by atoms with van der Waals surface area (Å²) in [5, 5.41) is 2.64. The molecule has 0 saturated heterocycles. The molecule has 8 heteroatoms. The molecule has 0 bridgehead atoms. The summed E-state index contributed by atoms with van der Waals surface area (Å²) in [5.74, 6) is -0.869. The third kappa shape index (κ3) is 3.69. The number of aromatic nitrogens is 2. The molecule has 0 unspecified atom stereocenters. The number of benzene rings is 2. The molecule has 0 aliphatic rings. The molecule has 2 aromatic heterocycles. The van der Waals surface area contributed by atoms with Crippen LogP contribution in [0.1, 0.15) is 15.9 Å². The fourth-order valence-corrected chi connectivity index (χ4v) is 2.94. The minimum Gasteiger partial charge on any atom is -0.306 e. The molecule has 0 radical (unpaired) electrons. The first-order valence-electron chi connectivity index (χ1n) is 8.54. The van der Waals surface area contributed by atoms with Gasteiger partial charge in [0.15, 0.2) is 0 Å². The number of nitrogens with one attached hydrogen (secondary N) is 1. The van der Waals surface area contributed by atoms with Crippen molar-refractivity contribution in [3.8, 4) is 11.3 Å². The Hall–Kier alpha value is -3.68. The molecule has 0 aliphatic heterocycles. The summed E-state index contributed by atoms with van der Waals surface area (Å²) >= 11 is 0. The predicted molar refractivity (Wildman–Crippen MR) is 100.0 cm³/mol. The van der Waals surface area contributed by atoms with Crippen molar-refractivity contribution in [3.63, 3.8) is 0 Å². The van der Waals surface area contributed by atoms with Crippen LogP contribution in [0.3, 0.4) is 0 Å². The minimum atomic E-state index is -4.56. The van der Waals surface area contributed by atoms with Gasteiger partial charge in [-0.05, 0) is 54.6 Å². The highest BCUT2D eigenvalue weighted by atomic mass is 19.4. The molecular weight excluding hydrogens is 386 g/mol. The topological polar surface area (TPSA) is 46.4 Å². The number of nitrogens with zero attached hydrogens (tertiary/aromatic N) is 2. The summed E-state index contributed by atoms with van der Waals surface area (Å²) in [4.78, 5) is 17.2. The van der Waals surface area contributed by atoms with Crippen LogP contribution in [0.5, 0.6) is 0 Å². The van der Waals surface area contributed by atoms with Crippen molar-refractivity contribution in [1.29, 1.82) is 0 Å². The van der Waals surface area contributed by atoms with Crippen LogP contribution < -0.4 is 5.32 Å². The van der Waals surface area contributed by atoms with E-state index in [9.17, 15) is 22.4 Å². The van der Waals surface area contributed by atoms with E-state index in [2.05, 4.69) is 10.3 Å². The highest BCUT2D eigenvalue weighted by Crippen LogP contribution is 2.31. The number of imidazole rings is 1. The van der Waals surface area contributed by atoms with Gasteiger partial charge in [0.05, 0.1) is 5.56 Å². The number of pyridine rings is 1. The number of hydrogen-bond acceptors (Lipinski definition) is 2. The highest BCUT2D eigenvalue weighted by Gasteiger charge is 2.31. The first-order valence-corrected chi connectivity index (χ1v) is 8.54. The number of fused-ring (bicyclic) bond motifs is 1. The fraction of sp³-hybridized carbons (Fsp3) is 0.0476. The molecule has 4 nitrogen and oxygen atoms in total. The van der Waals surface area contributed by atoms with Gasteiger partial charge in [0.25, 0.3) is 5.91 Å². The molecule has 0 atom stereocenters. The number of amides is 1. The summed E-state index contributed by atoms with van der Waals surface area (Å²) in [6, 6.07) is 14.9. The Balaban J connectivity index is 1.77. The SMILES string of the molecule is O=C(Nc1c(-c2ccc(F)cc2)nc2ccccn12)c1cccc(C(F)(F)F)c1. The van der Waals surface area contributed by atoms with Crippen LogP contribution in [-0.4, -0.2) is 15.3 Å². The van der Waals surface area contributed by atoms with Gasteiger partial charge in [0, 0.05) is 17.3 Å². The molecule has 1 amide bonds. The van der Waals surface area contributed by atoms with Gasteiger partial charge in [-0.25, -0.2) is 9.37 Å². The van der Waals surface area contributed by atoms with Gasteiger partial charge in [0.1, 0.15) is 23.0 Å². The van der Waals surface area contributed by atoms with Crippen LogP contribution in [-0.2, 0) is 6.18 Å². The van der Waals surface area contributed by atoms with E-state index < -0.39 is 23.5 Å². The second-order valence-electron chi connectivity index (χ2n) is 6.28. The van der Waals surface area contributed by atoms with Crippen molar-refractivity contribution in [2.24, 2.45) is 0 Å². The Labute approximate surface area is 162 Å². The van der Waals surface area contributed by atoms with E-state index in [4.69, 9.17) is 0 Å². The number of hydrogen-bond donors (Lipinski definition) is 1. The van der Waals surface area contributed by atoms with Crippen molar-refractivity contribution in [2.45, 2.75) is 6.18 Å². The van der Waals surface area contributed by atoms with Gasteiger partial charge in [-0.2, -0.15) is 13.2 Å². The Bertz CT molecular complexity index is 1200. The van der Waals surface area contributed by atoms with E-state index >= 15 is 0 Å². The normalized spacial score (nSPS) is 11.6. The Morgan fingerprint density at radius 3 is 2.45 bits per heavy atom. The number of carbonyl (C=O) groups is 1. The summed E-state index contributed by atoms with van der Waals surface area (Å²) < 4.78 is 53.8. The lowest BCUT2D eigenvalue weighted by Gasteiger charge is -2.10. The lowest BCUT2D eigenvalue weighted by molar-refractivity contribution is -0.137. The average Bonchev–Trinajstić information content (AvgIpc) is 3.06. The second kappa shape index (κ2) is 7.05. The van der Waals surface area contributed by atoms with Crippen molar-refractivity contribution >= 4 is 17.4 Å². The minimum absolute atomic E-state index is 0.143. The molecule has 4 aromatic rings. The molecular formula is C21H13F4N3O. The molecule has 2 heterocycles. The standard InChI is InChI=1S/C21H13F4N3O/c22-16-9-7-13(8-10-16)18-19(28-11-2-1-6-17(28)26-18)27-20(29)14-4-3-5-15(12-14)21(23,24)25/h1-12H,(H,27,29). The third-order valence-electron chi connectivity index (χ3n) is 4.33. The van der Waals surface area contributed by atoms with Gasteiger partial charge in [0.2, 0.25) is 0 Å². The van der Waals surface area contributed by atoms with Crippen LogP contribution in [0.2, 0.25) is 0 Å². The van der Waals surface area contributed by atoms with E-state index in [0.29, 0.717) is 16.9 Å². The van der Waals surface area contributed by atoms with E-state index in [1.807, 2.05) is 0 Å². The van der Waals surface area contributed by atoms with Crippen molar-refractivity contribution < 1.29 is 22.4 Å². The molecule has 29 heavy (non-hydrogen) atoms. The monoisotopic (exact) mass is 399 g/mol. The van der Waals surface area contributed by atoms with Crippen molar-refractivity contribution in [3.05, 3.63) is 89.9 Å². The Kier molecular flexibility index (Phi) is 4.54.